The summed E-state index contributed by atoms with van der Waals surface area (Å²) in [6.45, 7) is 7.85. The Hall–Kier alpha value is -2.18. The van der Waals surface area contributed by atoms with Gasteiger partial charge in [-0.25, -0.2) is 9.97 Å². The molecule has 3 heterocycles. The Labute approximate surface area is 155 Å². The van der Waals surface area contributed by atoms with E-state index in [0.717, 1.165) is 56.1 Å². The maximum atomic E-state index is 12.6. The lowest BCUT2D eigenvalue weighted by Crippen LogP contribution is -2.52. The van der Waals surface area contributed by atoms with E-state index >= 15 is 0 Å². The van der Waals surface area contributed by atoms with Crippen LogP contribution in [0.15, 0.2) is 6.07 Å². The number of aromatic nitrogens is 2. The highest BCUT2D eigenvalue weighted by atomic mass is 16.2. The number of aryl methyl sites for hydroxylation is 2. The second-order valence-electron chi connectivity index (χ2n) is 7.13. The topological polar surface area (TPSA) is 69.6 Å². The summed E-state index contributed by atoms with van der Waals surface area (Å²) in [4.78, 5) is 39.6. The van der Waals surface area contributed by atoms with Gasteiger partial charge in [0.2, 0.25) is 11.8 Å². The molecule has 0 atom stereocenters. The molecule has 2 amide bonds. The van der Waals surface area contributed by atoms with Crippen molar-refractivity contribution in [3.63, 3.8) is 0 Å². The Morgan fingerprint density at radius 2 is 1.85 bits per heavy atom. The number of nitrogens with zero attached hydrogens (tertiary/aromatic N) is 5. The summed E-state index contributed by atoms with van der Waals surface area (Å²) < 4.78 is 0. The number of rotatable bonds is 4. The highest BCUT2D eigenvalue weighted by Gasteiger charge is 2.26. The van der Waals surface area contributed by atoms with Gasteiger partial charge >= 0.3 is 0 Å². The van der Waals surface area contributed by atoms with E-state index in [-0.39, 0.29) is 18.4 Å². The van der Waals surface area contributed by atoms with E-state index in [2.05, 4.69) is 21.8 Å². The molecule has 1 aromatic heterocycles. The van der Waals surface area contributed by atoms with E-state index in [1.165, 1.54) is 0 Å². The van der Waals surface area contributed by atoms with Crippen LogP contribution in [0.3, 0.4) is 0 Å². The Balaban J connectivity index is 1.55. The third-order valence-electron chi connectivity index (χ3n) is 5.16. The molecule has 26 heavy (non-hydrogen) atoms. The van der Waals surface area contributed by atoms with Crippen LogP contribution in [0.5, 0.6) is 0 Å². The molecule has 3 rings (SSSR count). The van der Waals surface area contributed by atoms with Gasteiger partial charge in [-0.05, 0) is 19.8 Å². The highest BCUT2D eigenvalue weighted by molar-refractivity contribution is 5.85. The largest absolute Gasteiger partial charge is 0.353 e. The first kappa shape index (κ1) is 18.6. The molecule has 7 nitrogen and oxygen atoms in total. The molecule has 1 aromatic rings. The fraction of sp³-hybridized carbons (Fsp3) is 0.684. The Morgan fingerprint density at radius 3 is 2.58 bits per heavy atom. The molecule has 0 saturated carbocycles. The molecular formula is C19H29N5O2. The fourth-order valence-electron chi connectivity index (χ4n) is 3.59. The average molecular weight is 359 g/mol. The Morgan fingerprint density at radius 1 is 1.08 bits per heavy atom. The summed E-state index contributed by atoms with van der Waals surface area (Å²) in [5, 5.41) is 0. The van der Waals surface area contributed by atoms with Crippen molar-refractivity contribution in [2.75, 3.05) is 44.2 Å². The number of likely N-dealkylation sites (tertiary alicyclic amines) is 1. The number of hydrogen-bond donors (Lipinski definition) is 0. The number of carbonyl (C=O) groups is 2. The van der Waals surface area contributed by atoms with Crippen LogP contribution in [-0.2, 0) is 16.0 Å². The van der Waals surface area contributed by atoms with Crippen LogP contribution >= 0.6 is 0 Å². The minimum absolute atomic E-state index is 0.0630. The predicted molar refractivity (Wildman–Crippen MR) is 100.0 cm³/mol. The Bertz CT molecular complexity index is 655. The number of hydrogen-bond acceptors (Lipinski definition) is 5. The van der Waals surface area contributed by atoms with Crippen LogP contribution in [0, 0.1) is 6.92 Å². The number of carbonyl (C=O) groups excluding carboxylic acids is 2. The van der Waals surface area contributed by atoms with Crippen molar-refractivity contribution in [3.05, 3.63) is 17.6 Å². The monoisotopic (exact) mass is 359 g/mol. The molecule has 0 unspecified atom stereocenters. The quantitative estimate of drug-likeness (QED) is 0.813. The van der Waals surface area contributed by atoms with Gasteiger partial charge in [0.1, 0.15) is 11.6 Å². The van der Waals surface area contributed by atoms with Crippen molar-refractivity contribution >= 4 is 17.6 Å². The maximum Gasteiger partial charge on any atom is 0.242 e. The molecule has 0 bridgehead atoms. The summed E-state index contributed by atoms with van der Waals surface area (Å²) in [5.74, 6) is 1.99. The lowest BCUT2D eigenvalue weighted by Gasteiger charge is -2.36. The molecule has 2 fully saturated rings. The molecule has 0 radical (unpaired) electrons. The first-order valence-electron chi connectivity index (χ1n) is 9.72. The van der Waals surface area contributed by atoms with E-state index in [0.29, 0.717) is 26.1 Å². The van der Waals surface area contributed by atoms with Gasteiger partial charge in [0.15, 0.2) is 0 Å². The third kappa shape index (κ3) is 4.51. The van der Waals surface area contributed by atoms with Crippen LogP contribution < -0.4 is 4.90 Å². The molecule has 0 N–H and O–H groups in total. The van der Waals surface area contributed by atoms with Crippen LogP contribution in [0.2, 0.25) is 0 Å². The van der Waals surface area contributed by atoms with Crippen molar-refractivity contribution in [3.8, 4) is 0 Å². The first-order valence-corrected chi connectivity index (χ1v) is 9.72. The van der Waals surface area contributed by atoms with Crippen molar-refractivity contribution in [1.82, 2.24) is 19.8 Å². The molecule has 7 heteroatoms. The van der Waals surface area contributed by atoms with Gasteiger partial charge in [0.25, 0.3) is 0 Å². The zero-order valence-corrected chi connectivity index (χ0v) is 15.9. The molecule has 2 saturated heterocycles. The van der Waals surface area contributed by atoms with Gasteiger partial charge in [0.05, 0.1) is 6.54 Å². The SMILES string of the molecule is CCc1nc(C)cc(N2CCN(C(=O)CN3CCCCCC3=O)CC2)n1. The smallest absolute Gasteiger partial charge is 0.242 e. The minimum Gasteiger partial charge on any atom is -0.353 e. The van der Waals surface area contributed by atoms with E-state index in [1.807, 2.05) is 17.9 Å². The van der Waals surface area contributed by atoms with Crippen molar-refractivity contribution in [2.45, 2.75) is 46.0 Å². The predicted octanol–water partition coefficient (Wildman–Crippen LogP) is 1.40. The maximum absolute atomic E-state index is 12.6. The van der Waals surface area contributed by atoms with Crippen LogP contribution in [0.4, 0.5) is 5.82 Å². The minimum atomic E-state index is 0.0630. The van der Waals surface area contributed by atoms with Gasteiger partial charge in [-0.15, -0.1) is 0 Å². The molecule has 0 aromatic carbocycles. The van der Waals surface area contributed by atoms with Gasteiger partial charge in [-0.2, -0.15) is 0 Å². The molecule has 142 valence electrons. The third-order valence-corrected chi connectivity index (χ3v) is 5.16. The van der Waals surface area contributed by atoms with Gasteiger partial charge < -0.3 is 14.7 Å². The van der Waals surface area contributed by atoms with Crippen LogP contribution in [0.1, 0.15) is 44.1 Å². The molecule has 2 aliphatic heterocycles. The summed E-state index contributed by atoms with van der Waals surface area (Å²) in [6, 6.07) is 2.01. The van der Waals surface area contributed by atoms with E-state index < -0.39 is 0 Å². The normalized spacial score (nSPS) is 18.8. The zero-order valence-electron chi connectivity index (χ0n) is 15.9. The van der Waals surface area contributed by atoms with Crippen molar-refractivity contribution in [1.29, 1.82) is 0 Å². The standard InChI is InChI=1S/C19H29N5O2/c1-3-16-20-15(2)13-17(21-16)22-9-11-23(12-10-22)19(26)14-24-8-6-4-5-7-18(24)25/h13H,3-12,14H2,1-2H3. The number of piperazine rings is 1. The van der Waals surface area contributed by atoms with E-state index in [9.17, 15) is 9.59 Å². The lowest BCUT2D eigenvalue weighted by molar-refractivity contribution is -0.140. The number of amides is 2. The highest BCUT2D eigenvalue weighted by Crippen LogP contribution is 2.16. The lowest BCUT2D eigenvalue weighted by atomic mass is 10.2. The summed E-state index contributed by atoms with van der Waals surface area (Å²) >= 11 is 0. The Kier molecular flexibility index (Phi) is 6.06. The summed E-state index contributed by atoms with van der Waals surface area (Å²) in [5.41, 5.74) is 0.977. The van der Waals surface area contributed by atoms with Crippen molar-refractivity contribution < 1.29 is 9.59 Å². The van der Waals surface area contributed by atoms with Gasteiger partial charge in [0, 0.05) is 57.3 Å². The summed E-state index contributed by atoms with van der Waals surface area (Å²) in [6.07, 6.45) is 4.41. The molecule has 2 aliphatic rings. The van der Waals surface area contributed by atoms with Crippen LogP contribution in [0.25, 0.3) is 0 Å². The first-order chi connectivity index (χ1) is 12.6. The van der Waals surface area contributed by atoms with E-state index in [1.54, 1.807) is 4.90 Å². The molecular weight excluding hydrogens is 330 g/mol. The van der Waals surface area contributed by atoms with Crippen LogP contribution in [-0.4, -0.2) is 70.9 Å². The average Bonchev–Trinajstić information content (AvgIpc) is 2.85. The summed E-state index contributed by atoms with van der Waals surface area (Å²) in [7, 11) is 0. The van der Waals surface area contributed by atoms with E-state index in [4.69, 9.17) is 0 Å². The molecule has 0 aliphatic carbocycles. The van der Waals surface area contributed by atoms with Gasteiger partial charge in [-0.3, -0.25) is 9.59 Å². The second kappa shape index (κ2) is 8.47. The zero-order chi connectivity index (χ0) is 18.5. The number of anilines is 1. The fourth-order valence-corrected chi connectivity index (χ4v) is 3.59. The molecule has 0 spiro atoms. The van der Waals surface area contributed by atoms with Gasteiger partial charge in [-0.1, -0.05) is 13.3 Å². The second-order valence-corrected chi connectivity index (χ2v) is 7.13. The van der Waals surface area contributed by atoms with Crippen molar-refractivity contribution in [2.24, 2.45) is 0 Å².